The number of rotatable bonds is 5. The summed E-state index contributed by atoms with van der Waals surface area (Å²) in [6.45, 7) is 4.78. The summed E-state index contributed by atoms with van der Waals surface area (Å²) in [4.78, 5) is 13.4. The van der Waals surface area contributed by atoms with Gasteiger partial charge in [0.25, 0.3) is 12.3 Å². The molecule has 0 atom stereocenters. The van der Waals surface area contributed by atoms with Crippen molar-refractivity contribution in [3.63, 3.8) is 0 Å². The molecule has 1 aromatic carbocycles. The lowest BCUT2D eigenvalue weighted by Gasteiger charge is -2.26. The Morgan fingerprint density at radius 1 is 1.30 bits per heavy atom. The van der Waals surface area contributed by atoms with Crippen LogP contribution in [-0.4, -0.2) is 42.0 Å². The maximum absolute atomic E-state index is 12.5. The van der Waals surface area contributed by atoms with E-state index in [-0.39, 0.29) is 18.6 Å². The van der Waals surface area contributed by atoms with E-state index < -0.39 is 18.9 Å². The molecule has 1 N–H and O–H groups in total. The van der Waals surface area contributed by atoms with E-state index in [0.29, 0.717) is 5.56 Å². The number of carbonyl (C=O) groups excluding carboxylic acids is 1. The van der Waals surface area contributed by atoms with Crippen molar-refractivity contribution < 1.29 is 18.7 Å². The number of carbonyl (C=O) groups is 1. The smallest absolute Gasteiger partial charge is 0.255 e. The largest absolute Gasteiger partial charge is 0.395 e. The van der Waals surface area contributed by atoms with Crippen LogP contribution < -0.4 is 0 Å². The van der Waals surface area contributed by atoms with Crippen molar-refractivity contribution >= 4 is 5.91 Å². The highest BCUT2D eigenvalue weighted by Gasteiger charge is 2.25. The highest BCUT2D eigenvalue weighted by Crippen LogP contribution is 2.26. The molecule has 0 aliphatic rings. The number of hydrogen-bond donors (Lipinski definition) is 1. The summed E-state index contributed by atoms with van der Waals surface area (Å²) in [6, 6.07) is 6.99. The summed E-state index contributed by atoms with van der Waals surface area (Å²) in [5.41, 5.74) is 0.957. The molecule has 20 heavy (non-hydrogen) atoms. The van der Waals surface area contributed by atoms with Crippen molar-refractivity contribution in [2.45, 2.75) is 32.6 Å². The van der Waals surface area contributed by atoms with Crippen LogP contribution in [0.4, 0.5) is 8.78 Å². The van der Waals surface area contributed by atoms with E-state index in [0.717, 1.165) is 10.5 Å². The normalized spacial score (nSPS) is 11.8. The lowest BCUT2D eigenvalue weighted by Crippen LogP contribution is -2.38. The molecule has 0 heterocycles. The number of aliphatic hydroxyl groups is 1. The molecule has 1 amide bonds. The van der Waals surface area contributed by atoms with Crippen molar-refractivity contribution in [3.8, 4) is 0 Å². The van der Waals surface area contributed by atoms with E-state index in [1.54, 1.807) is 12.1 Å². The quantitative estimate of drug-likeness (QED) is 0.903. The van der Waals surface area contributed by atoms with Crippen LogP contribution in [0.15, 0.2) is 24.3 Å². The van der Waals surface area contributed by atoms with Gasteiger partial charge in [0.15, 0.2) is 0 Å². The zero-order valence-corrected chi connectivity index (χ0v) is 12.1. The van der Waals surface area contributed by atoms with Crippen molar-refractivity contribution in [1.82, 2.24) is 4.90 Å². The molecular formula is C15H21F2NO2. The van der Waals surface area contributed by atoms with Gasteiger partial charge in [-0.3, -0.25) is 4.79 Å². The Kier molecular flexibility index (Phi) is 5.62. The van der Waals surface area contributed by atoms with Crippen LogP contribution in [0, 0.1) is 0 Å². The Morgan fingerprint density at radius 2 is 1.90 bits per heavy atom. The molecule has 5 heteroatoms. The zero-order valence-electron chi connectivity index (χ0n) is 12.1. The number of aliphatic hydroxyl groups excluding tert-OH is 1. The zero-order chi connectivity index (χ0) is 15.3. The minimum absolute atomic E-state index is 0.0956. The van der Waals surface area contributed by atoms with Gasteiger partial charge >= 0.3 is 0 Å². The molecule has 0 radical (unpaired) electrons. The molecule has 1 aromatic rings. The second-order valence-electron chi connectivity index (χ2n) is 5.66. The molecule has 0 aliphatic carbocycles. The Morgan fingerprint density at radius 3 is 2.40 bits per heavy atom. The standard InChI is InChI=1S/C15H21F2NO2/c1-15(2,3)12-7-5-4-6-11(12)14(20)18(8-9-19)10-13(16)17/h4-7,13,19H,8-10H2,1-3H3. The van der Waals surface area contributed by atoms with Crippen LogP contribution in [0.3, 0.4) is 0 Å². The second kappa shape index (κ2) is 6.79. The number of alkyl halides is 2. The third-order valence-corrected chi connectivity index (χ3v) is 2.98. The monoisotopic (exact) mass is 285 g/mol. The van der Waals surface area contributed by atoms with Crippen molar-refractivity contribution in [2.75, 3.05) is 19.7 Å². The minimum Gasteiger partial charge on any atom is -0.395 e. The number of hydrogen-bond acceptors (Lipinski definition) is 2. The van der Waals surface area contributed by atoms with Crippen LogP contribution in [-0.2, 0) is 5.41 Å². The third-order valence-electron chi connectivity index (χ3n) is 2.98. The van der Waals surface area contributed by atoms with Crippen LogP contribution in [0.2, 0.25) is 0 Å². The van der Waals surface area contributed by atoms with Crippen molar-refractivity contribution in [1.29, 1.82) is 0 Å². The molecular weight excluding hydrogens is 264 g/mol. The first kappa shape index (κ1) is 16.6. The minimum atomic E-state index is -2.62. The van der Waals surface area contributed by atoms with Crippen LogP contribution in [0.1, 0.15) is 36.7 Å². The Hall–Kier alpha value is -1.49. The molecule has 0 saturated heterocycles. The summed E-state index contributed by atoms with van der Waals surface area (Å²) in [5, 5.41) is 8.94. The highest BCUT2D eigenvalue weighted by molar-refractivity contribution is 5.96. The van der Waals surface area contributed by atoms with E-state index in [9.17, 15) is 13.6 Å². The fraction of sp³-hybridized carbons (Fsp3) is 0.533. The fourth-order valence-electron chi connectivity index (χ4n) is 2.06. The number of benzene rings is 1. The van der Waals surface area contributed by atoms with Gasteiger partial charge in [0.05, 0.1) is 13.2 Å². The first-order valence-corrected chi connectivity index (χ1v) is 6.55. The van der Waals surface area contributed by atoms with E-state index in [4.69, 9.17) is 5.11 Å². The summed E-state index contributed by atoms with van der Waals surface area (Å²) < 4.78 is 25.1. The molecule has 0 spiro atoms. The van der Waals surface area contributed by atoms with Gasteiger partial charge in [-0.2, -0.15) is 0 Å². The maximum Gasteiger partial charge on any atom is 0.255 e. The van der Waals surface area contributed by atoms with Gasteiger partial charge in [-0.1, -0.05) is 39.0 Å². The number of halogens is 2. The average Bonchev–Trinajstić information content (AvgIpc) is 2.36. The van der Waals surface area contributed by atoms with Crippen molar-refractivity contribution in [3.05, 3.63) is 35.4 Å². The summed E-state index contributed by atoms with van der Waals surface area (Å²) in [7, 11) is 0. The lowest BCUT2D eigenvalue weighted by atomic mass is 9.83. The molecule has 0 aromatic heterocycles. The third kappa shape index (κ3) is 4.27. The van der Waals surface area contributed by atoms with Crippen molar-refractivity contribution in [2.24, 2.45) is 0 Å². The van der Waals surface area contributed by atoms with E-state index in [2.05, 4.69) is 0 Å². The molecule has 1 rings (SSSR count). The first-order chi connectivity index (χ1) is 9.27. The van der Waals surface area contributed by atoms with Gasteiger partial charge in [0.1, 0.15) is 0 Å². The molecule has 112 valence electrons. The SMILES string of the molecule is CC(C)(C)c1ccccc1C(=O)N(CCO)CC(F)F. The summed E-state index contributed by atoms with van der Waals surface area (Å²) in [5.74, 6) is -0.468. The maximum atomic E-state index is 12.5. The predicted molar refractivity (Wildman–Crippen MR) is 74.1 cm³/mol. The highest BCUT2D eigenvalue weighted by atomic mass is 19.3. The lowest BCUT2D eigenvalue weighted by molar-refractivity contribution is 0.0507. The van der Waals surface area contributed by atoms with Gasteiger partial charge in [-0.15, -0.1) is 0 Å². The van der Waals surface area contributed by atoms with Crippen LogP contribution in [0.5, 0.6) is 0 Å². The van der Waals surface area contributed by atoms with E-state index >= 15 is 0 Å². The van der Waals surface area contributed by atoms with Crippen LogP contribution in [0.25, 0.3) is 0 Å². The van der Waals surface area contributed by atoms with Gasteiger partial charge in [-0.25, -0.2) is 8.78 Å². The van der Waals surface area contributed by atoms with Gasteiger partial charge in [0.2, 0.25) is 0 Å². The Labute approximate surface area is 118 Å². The summed E-state index contributed by atoms with van der Waals surface area (Å²) >= 11 is 0. The molecule has 3 nitrogen and oxygen atoms in total. The fourth-order valence-corrected chi connectivity index (χ4v) is 2.06. The second-order valence-corrected chi connectivity index (χ2v) is 5.66. The molecule has 0 fully saturated rings. The van der Waals surface area contributed by atoms with Crippen LogP contribution >= 0.6 is 0 Å². The van der Waals surface area contributed by atoms with Gasteiger partial charge in [-0.05, 0) is 17.0 Å². The van der Waals surface area contributed by atoms with Gasteiger partial charge in [0, 0.05) is 12.1 Å². The Bertz CT molecular complexity index is 455. The predicted octanol–water partition coefficient (Wildman–Crippen LogP) is 2.68. The summed E-state index contributed by atoms with van der Waals surface area (Å²) in [6.07, 6.45) is -2.62. The molecule has 0 aliphatic heterocycles. The average molecular weight is 285 g/mol. The van der Waals surface area contributed by atoms with E-state index in [1.807, 2.05) is 32.9 Å². The Balaban J connectivity index is 3.12. The topological polar surface area (TPSA) is 40.5 Å². The first-order valence-electron chi connectivity index (χ1n) is 6.55. The molecule has 0 unspecified atom stereocenters. The molecule has 0 saturated carbocycles. The van der Waals surface area contributed by atoms with E-state index in [1.165, 1.54) is 0 Å². The van der Waals surface area contributed by atoms with Gasteiger partial charge < -0.3 is 10.0 Å². The number of nitrogens with zero attached hydrogens (tertiary/aromatic N) is 1. The number of amides is 1. The molecule has 0 bridgehead atoms.